The van der Waals surface area contributed by atoms with E-state index < -0.39 is 0 Å². The molecule has 0 aromatic heterocycles. The number of amides is 1. The maximum atomic E-state index is 13.7. The molecule has 3 nitrogen and oxygen atoms in total. The number of benzene rings is 2. The van der Waals surface area contributed by atoms with Crippen LogP contribution in [0.2, 0.25) is 0 Å². The summed E-state index contributed by atoms with van der Waals surface area (Å²) in [6.07, 6.45) is 1.50. The normalized spacial score (nSPS) is 15.0. The SMILES string of the molecule is Cc1ccc2c(c1)CN(C(=O)CC(N)Cc1ccccc1F)CC2. The van der Waals surface area contributed by atoms with Crippen molar-refractivity contribution in [2.75, 3.05) is 6.54 Å². The quantitative estimate of drug-likeness (QED) is 0.939. The highest BCUT2D eigenvalue weighted by Gasteiger charge is 2.22. The highest BCUT2D eigenvalue weighted by molar-refractivity contribution is 5.77. The molecule has 2 N–H and O–H groups in total. The van der Waals surface area contributed by atoms with Gasteiger partial charge in [0.15, 0.2) is 0 Å². The maximum absolute atomic E-state index is 13.7. The van der Waals surface area contributed by atoms with E-state index in [4.69, 9.17) is 5.73 Å². The molecule has 0 aliphatic carbocycles. The fourth-order valence-corrected chi connectivity index (χ4v) is 3.27. The summed E-state index contributed by atoms with van der Waals surface area (Å²) in [6.45, 7) is 3.43. The van der Waals surface area contributed by atoms with Gasteiger partial charge >= 0.3 is 0 Å². The molecule has 0 saturated heterocycles. The topological polar surface area (TPSA) is 46.3 Å². The molecule has 1 unspecified atom stereocenters. The molecule has 1 aliphatic rings. The number of nitrogens with zero attached hydrogens (tertiary/aromatic N) is 1. The number of rotatable bonds is 4. The first-order valence-corrected chi connectivity index (χ1v) is 8.38. The fraction of sp³-hybridized carbons (Fsp3) is 0.350. The van der Waals surface area contributed by atoms with E-state index in [0.717, 1.165) is 13.0 Å². The highest BCUT2D eigenvalue weighted by atomic mass is 19.1. The van der Waals surface area contributed by atoms with Gasteiger partial charge in [0.1, 0.15) is 5.82 Å². The second-order valence-corrected chi connectivity index (χ2v) is 6.60. The summed E-state index contributed by atoms with van der Waals surface area (Å²) in [7, 11) is 0. The summed E-state index contributed by atoms with van der Waals surface area (Å²) in [5, 5.41) is 0. The van der Waals surface area contributed by atoms with Crippen molar-refractivity contribution in [3.05, 3.63) is 70.5 Å². The van der Waals surface area contributed by atoms with Gasteiger partial charge in [0, 0.05) is 25.6 Å². The van der Waals surface area contributed by atoms with Crippen molar-refractivity contribution in [3.63, 3.8) is 0 Å². The number of carbonyl (C=O) groups excluding carboxylic acids is 1. The van der Waals surface area contributed by atoms with Gasteiger partial charge < -0.3 is 10.6 Å². The second-order valence-electron chi connectivity index (χ2n) is 6.60. The molecule has 1 heterocycles. The lowest BCUT2D eigenvalue weighted by Crippen LogP contribution is -2.39. The van der Waals surface area contributed by atoms with E-state index in [0.29, 0.717) is 18.5 Å². The molecule has 0 fully saturated rings. The Hall–Kier alpha value is -2.20. The smallest absolute Gasteiger partial charge is 0.224 e. The summed E-state index contributed by atoms with van der Waals surface area (Å²) >= 11 is 0. The highest BCUT2D eigenvalue weighted by Crippen LogP contribution is 2.21. The number of nitrogens with two attached hydrogens (primary N) is 1. The Bertz CT molecular complexity index is 744. The van der Waals surface area contributed by atoms with E-state index in [2.05, 4.69) is 25.1 Å². The van der Waals surface area contributed by atoms with Crippen LogP contribution in [0.5, 0.6) is 0 Å². The zero-order valence-corrected chi connectivity index (χ0v) is 14.0. The van der Waals surface area contributed by atoms with Crippen molar-refractivity contribution in [1.29, 1.82) is 0 Å². The molecule has 0 radical (unpaired) electrons. The lowest BCUT2D eigenvalue weighted by Gasteiger charge is -2.30. The predicted molar refractivity (Wildman–Crippen MR) is 93.0 cm³/mol. The van der Waals surface area contributed by atoms with Gasteiger partial charge in [-0.1, -0.05) is 42.0 Å². The van der Waals surface area contributed by atoms with Crippen LogP contribution in [0.25, 0.3) is 0 Å². The minimum Gasteiger partial charge on any atom is -0.338 e. The zero-order valence-electron chi connectivity index (χ0n) is 14.0. The van der Waals surface area contributed by atoms with Gasteiger partial charge in [-0.25, -0.2) is 4.39 Å². The number of hydrogen-bond acceptors (Lipinski definition) is 2. The van der Waals surface area contributed by atoms with Crippen LogP contribution < -0.4 is 5.73 Å². The molecular formula is C20H23FN2O. The molecule has 126 valence electrons. The Morgan fingerprint density at radius 1 is 1.25 bits per heavy atom. The minimum atomic E-state index is -0.367. The van der Waals surface area contributed by atoms with E-state index in [9.17, 15) is 9.18 Å². The summed E-state index contributed by atoms with van der Waals surface area (Å²) in [5.74, 6) is -0.214. The van der Waals surface area contributed by atoms with Gasteiger partial charge in [-0.3, -0.25) is 4.79 Å². The standard InChI is InChI=1S/C20H23FN2O/c1-14-6-7-15-8-9-23(13-17(15)10-14)20(24)12-18(22)11-16-4-2-3-5-19(16)21/h2-7,10,18H,8-9,11-13,22H2,1H3. The van der Waals surface area contributed by atoms with E-state index in [1.807, 2.05) is 4.90 Å². The van der Waals surface area contributed by atoms with Crippen LogP contribution in [0.3, 0.4) is 0 Å². The molecule has 1 amide bonds. The fourth-order valence-electron chi connectivity index (χ4n) is 3.27. The van der Waals surface area contributed by atoms with E-state index in [-0.39, 0.29) is 24.2 Å². The first-order valence-electron chi connectivity index (χ1n) is 8.38. The average Bonchev–Trinajstić information content (AvgIpc) is 2.56. The van der Waals surface area contributed by atoms with Crippen molar-refractivity contribution in [1.82, 2.24) is 4.90 Å². The number of halogens is 1. The van der Waals surface area contributed by atoms with Crippen molar-refractivity contribution in [3.8, 4) is 0 Å². The van der Waals surface area contributed by atoms with Crippen LogP contribution in [-0.4, -0.2) is 23.4 Å². The van der Waals surface area contributed by atoms with Crippen LogP contribution in [0, 0.1) is 12.7 Å². The summed E-state index contributed by atoms with van der Waals surface area (Å²) in [6, 6.07) is 12.6. The maximum Gasteiger partial charge on any atom is 0.224 e. The molecule has 1 aliphatic heterocycles. The van der Waals surface area contributed by atoms with Gasteiger partial charge in [0.25, 0.3) is 0 Å². The number of hydrogen-bond donors (Lipinski definition) is 1. The molecule has 1 atom stereocenters. The molecule has 24 heavy (non-hydrogen) atoms. The Morgan fingerprint density at radius 2 is 2.04 bits per heavy atom. The second kappa shape index (κ2) is 7.14. The number of carbonyl (C=O) groups is 1. The Labute approximate surface area is 142 Å². The van der Waals surface area contributed by atoms with Gasteiger partial charge in [0.05, 0.1) is 0 Å². The molecule has 0 spiro atoms. The zero-order chi connectivity index (χ0) is 17.1. The third kappa shape index (κ3) is 3.82. The van der Waals surface area contributed by atoms with E-state index >= 15 is 0 Å². The minimum absolute atomic E-state index is 0.0472. The Morgan fingerprint density at radius 3 is 2.83 bits per heavy atom. The first-order chi connectivity index (χ1) is 11.5. The lowest BCUT2D eigenvalue weighted by atomic mass is 9.97. The van der Waals surface area contributed by atoms with E-state index in [1.165, 1.54) is 22.8 Å². The molecule has 0 saturated carbocycles. The summed E-state index contributed by atoms with van der Waals surface area (Å²) in [4.78, 5) is 14.4. The van der Waals surface area contributed by atoms with Gasteiger partial charge in [-0.05, 0) is 42.5 Å². The van der Waals surface area contributed by atoms with Gasteiger partial charge in [0.2, 0.25) is 5.91 Å². The van der Waals surface area contributed by atoms with Crippen LogP contribution in [0.4, 0.5) is 4.39 Å². The largest absolute Gasteiger partial charge is 0.338 e. The van der Waals surface area contributed by atoms with E-state index in [1.54, 1.807) is 18.2 Å². The van der Waals surface area contributed by atoms with Gasteiger partial charge in [-0.15, -0.1) is 0 Å². The molecule has 2 aromatic rings. The predicted octanol–water partition coefficient (Wildman–Crippen LogP) is 2.98. The van der Waals surface area contributed by atoms with Crippen molar-refractivity contribution >= 4 is 5.91 Å². The molecule has 2 aromatic carbocycles. The Balaban J connectivity index is 1.60. The van der Waals surface area contributed by atoms with Crippen LogP contribution >= 0.6 is 0 Å². The van der Waals surface area contributed by atoms with Crippen LogP contribution in [0.15, 0.2) is 42.5 Å². The first kappa shape index (κ1) is 16.7. The molecular weight excluding hydrogens is 303 g/mol. The van der Waals surface area contributed by atoms with Crippen LogP contribution in [-0.2, 0) is 24.2 Å². The molecule has 4 heteroatoms. The number of aryl methyl sites for hydroxylation is 1. The van der Waals surface area contributed by atoms with Crippen molar-refractivity contribution in [2.45, 2.75) is 38.8 Å². The third-order valence-corrected chi connectivity index (χ3v) is 4.60. The summed E-state index contributed by atoms with van der Waals surface area (Å²) < 4.78 is 13.7. The number of fused-ring (bicyclic) bond motifs is 1. The average molecular weight is 326 g/mol. The molecule has 3 rings (SSSR count). The van der Waals surface area contributed by atoms with Crippen molar-refractivity contribution in [2.24, 2.45) is 5.73 Å². The Kier molecular flexibility index (Phi) is 4.95. The van der Waals surface area contributed by atoms with Crippen molar-refractivity contribution < 1.29 is 9.18 Å². The summed E-state index contributed by atoms with van der Waals surface area (Å²) in [5.41, 5.74) is 10.4. The third-order valence-electron chi connectivity index (χ3n) is 4.60. The van der Waals surface area contributed by atoms with Crippen LogP contribution in [0.1, 0.15) is 28.7 Å². The monoisotopic (exact) mass is 326 g/mol. The molecule has 0 bridgehead atoms. The van der Waals surface area contributed by atoms with Gasteiger partial charge in [-0.2, -0.15) is 0 Å². The lowest BCUT2D eigenvalue weighted by molar-refractivity contribution is -0.132.